The SMILES string of the molecule is COC1(CNC(=O)c2ccc(Cl)cc2Br)CCC1. The minimum Gasteiger partial charge on any atom is -0.376 e. The zero-order valence-corrected chi connectivity index (χ0v) is 12.5. The molecule has 5 heteroatoms. The van der Waals surface area contributed by atoms with E-state index >= 15 is 0 Å². The van der Waals surface area contributed by atoms with Crippen LogP contribution in [-0.4, -0.2) is 25.2 Å². The van der Waals surface area contributed by atoms with E-state index in [1.165, 1.54) is 0 Å². The van der Waals surface area contributed by atoms with E-state index in [1.54, 1.807) is 25.3 Å². The molecule has 0 heterocycles. The number of hydrogen-bond donors (Lipinski definition) is 1. The Morgan fingerprint density at radius 1 is 1.56 bits per heavy atom. The van der Waals surface area contributed by atoms with Crippen LogP contribution in [0.15, 0.2) is 22.7 Å². The summed E-state index contributed by atoms with van der Waals surface area (Å²) in [6.45, 7) is 0.553. The minimum absolute atomic E-state index is 0.109. The highest BCUT2D eigenvalue weighted by Gasteiger charge is 2.37. The predicted octanol–water partition coefficient (Wildman–Crippen LogP) is 3.40. The van der Waals surface area contributed by atoms with Crippen molar-refractivity contribution in [3.05, 3.63) is 33.3 Å². The van der Waals surface area contributed by atoms with Crippen LogP contribution in [0.5, 0.6) is 0 Å². The van der Waals surface area contributed by atoms with Crippen molar-refractivity contribution in [2.75, 3.05) is 13.7 Å². The highest BCUT2D eigenvalue weighted by molar-refractivity contribution is 9.10. The van der Waals surface area contributed by atoms with Gasteiger partial charge < -0.3 is 10.1 Å². The number of amides is 1. The van der Waals surface area contributed by atoms with Crippen molar-refractivity contribution < 1.29 is 9.53 Å². The van der Waals surface area contributed by atoms with Crippen LogP contribution in [0.25, 0.3) is 0 Å². The Bertz CT molecular complexity index is 455. The Labute approximate surface area is 120 Å². The van der Waals surface area contributed by atoms with Crippen LogP contribution in [0.2, 0.25) is 5.02 Å². The van der Waals surface area contributed by atoms with E-state index in [1.807, 2.05) is 0 Å². The van der Waals surface area contributed by atoms with Gasteiger partial charge in [-0.3, -0.25) is 4.79 Å². The Kier molecular flexibility index (Phi) is 4.30. The van der Waals surface area contributed by atoms with E-state index in [2.05, 4.69) is 21.2 Å². The Morgan fingerprint density at radius 2 is 2.28 bits per heavy atom. The quantitative estimate of drug-likeness (QED) is 0.917. The van der Waals surface area contributed by atoms with Crippen LogP contribution < -0.4 is 5.32 Å². The van der Waals surface area contributed by atoms with Crippen LogP contribution in [0.1, 0.15) is 29.6 Å². The van der Waals surface area contributed by atoms with E-state index in [9.17, 15) is 4.79 Å². The Hall–Kier alpha value is -0.580. The average molecular weight is 333 g/mol. The lowest BCUT2D eigenvalue weighted by molar-refractivity contribution is -0.0679. The standard InChI is InChI=1S/C13H15BrClNO2/c1-18-13(5-2-6-13)8-16-12(17)10-4-3-9(15)7-11(10)14/h3-4,7H,2,5-6,8H2,1H3,(H,16,17). The van der Waals surface area contributed by atoms with Gasteiger partial charge in [-0.25, -0.2) is 0 Å². The molecule has 0 atom stereocenters. The molecule has 1 aliphatic carbocycles. The molecule has 0 aromatic heterocycles. The second kappa shape index (κ2) is 5.59. The van der Waals surface area contributed by atoms with E-state index in [4.69, 9.17) is 16.3 Å². The van der Waals surface area contributed by atoms with Crippen molar-refractivity contribution in [2.24, 2.45) is 0 Å². The summed E-state index contributed by atoms with van der Waals surface area (Å²) in [4.78, 5) is 12.0. The molecule has 0 spiro atoms. The van der Waals surface area contributed by atoms with Crippen molar-refractivity contribution in [1.82, 2.24) is 5.32 Å². The third-order valence-electron chi connectivity index (χ3n) is 3.44. The number of carbonyl (C=O) groups excluding carboxylic acids is 1. The fraction of sp³-hybridized carbons (Fsp3) is 0.462. The molecule has 1 fully saturated rings. The molecule has 2 rings (SSSR count). The lowest BCUT2D eigenvalue weighted by Gasteiger charge is -2.40. The Morgan fingerprint density at radius 3 is 2.78 bits per heavy atom. The number of halogens is 2. The van der Waals surface area contributed by atoms with Gasteiger partial charge in [-0.2, -0.15) is 0 Å². The summed E-state index contributed by atoms with van der Waals surface area (Å²) in [6, 6.07) is 5.13. The predicted molar refractivity (Wildman–Crippen MR) is 75.1 cm³/mol. The maximum absolute atomic E-state index is 12.0. The molecule has 1 aliphatic rings. The van der Waals surface area contributed by atoms with Gasteiger partial charge in [-0.15, -0.1) is 0 Å². The van der Waals surface area contributed by atoms with Crippen LogP contribution in [0, 0.1) is 0 Å². The summed E-state index contributed by atoms with van der Waals surface area (Å²) in [7, 11) is 1.70. The largest absolute Gasteiger partial charge is 0.376 e. The van der Waals surface area contributed by atoms with Crippen LogP contribution in [-0.2, 0) is 4.74 Å². The molecule has 0 unspecified atom stereocenters. The number of hydrogen-bond acceptors (Lipinski definition) is 2. The maximum atomic E-state index is 12.0. The second-order valence-corrected chi connectivity index (χ2v) is 5.84. The number of ether oxygens (including phenoxy) is 1. The first-order chi connectivity index (χ1) is 8.56. The number of rotatable bonds is 4. The molecule has 0 saturated heterocycles. The smallest absolute Gasteiger partial charge is 0.252 e. The van der Waals surface area contributed by atoms with Gasteiger partial charge in [0.2, 0.25) is 0 Å². The zero-order chi connectivity index (χ0) is 13.2. The fourth-order valence-corrected chi connectivity index (χ4v) is 2.90. The van der Waals surface area contributed by atoms with Crippen molar-refractivity contribution in [3.8, 4) is 0 Å². The van der Waals surface area contributed by atoms with Gasteiger partial charge in [0.05, 0.1) is 11.2 Å². The fourth-order valence-electron chi connectivity index (χ4n) is 2.03. The van der Waals surface area contributed by atoms with E-state index in [0.717, 1.165) is 19.3 Å². The summed E-state index contributed by atoms with van der Waals surface area (Å²) in [5, 5.41) is 3.52. The summed E-state index contributed by atoms with van der Waals surface area (Å²) in [5.74, 6) is -0.109. The molecule has 1 aromatic rings. The molecular weight excluding hydrogens is 318 g/mol. The molecule has 1 aromatic carbocycles. The molecular formula is C13H15BrClNO2. The molecule has 3 nitrogen and oxygen atoms in total. The zero-order valence-electron chi connectivity index (χ0n) is 10.1. The van der Waals surface area contributed by atoms with Crippen molar-refractivity contribution in [1.29, 1.82) is 0 Å². The first-order valence-electron chi connectivity index (χ1n) is 5.85. The number of carbonyl (C=O) groups is 1. The Balaban J connectivity index is 1.99. The van der Waals surface area contributed by atoms with E-state index in [-0.39, 0.29) is 11.5 Å². The van der Waals surface area contributed by atoms with Gasteiger partial charge in [-0.1, -0.05) is 11.6 Å². The third kappa shape index (κ3) is 2.87. The van der Waals surface area contributed by atoms with Crippen molar-refractivity contribution in [2.45, 2.75) is 24.9 Å². The number of methoxy groups -OCH3 is 1. The van der Waals surface area contributed by atoms with E-state index < -0.39 is 0 Å². The minimum atomic E-state index is -0.158. The van der Waals surface area contributed by atoms with Crippen LogP contribution in [0.3, 0.4) is 0 Å². The molecule has 1 amide bonds. The summed E-state index contributed by atoms with van der Waals surface area (Å²) >= 11 is 9.18. The molecule has 0 radical (unpaired) electrons. The van der Waals surface area contributed by atoms with Gasteiger partial charge in [0.1, 0.15) is 0 Å². The normalized spacial score (nSPS) is 17.1. The second-order valence-electron chi connectivity index (χ2n) is 4.55. The first kappa shape index (κ1) is 13.8. The summed E-state index contributed by atoms with van der Waals surface area (Å²) in [5.41, 5.74) is 0.430. The van der Waals surface area contributed by atoms with Gasteiger partial charge in [0.15, 0.2) is 0 Å². The molecule has 0 bridgehead atoms. The average Bonchev–Trinajstić information content (AvgIpc) is 2.27. The van der Waals surface area contributed by atoms with Crippen molar-refractivity contribution in [3.63, 3.8) is 0 Å². The maximum Gasteiger partial charge on any atom is 0.252 e. The van der Waals surface area contributed by atoms with Gasteiger partial charge in [0, 0.05) is 23.1 Å². The highest BCUT2D eigenvalue weighted by atomic mass is 79.9. The lowest BCUT2D eigenvalue weighted by Crippen LogP contribution is -2.49. The summed E-state index contributed by atoms with van der Waals surface area (Å²) in [6.07, 6.45) is 3.17. The van der Waals surface area contributed by atoms with Crippen LogP contribution in [0.4, 0.5) is 0 Å². The van der Waals surface area contributed by atoms with Gasteiger partial charge >= 0.3 is 0 Å². The van der Waals surface area contributed by atoms with Crippen LogP contribution >= 0.6 is 27.5 Å². The number of nitrogens with one attached hydrogen (secondary N) is 1. The van der Waals surface area contributed by atoms with Crippen molar-refractivity contribution >= 4 is 33.4 Å². The summed E-state index contributed by atoms with van der Waals surface area (Å²) < 4.78 is 6.16. The topological polar surface area (TPSA) is 38.3 Å². The monoisotopic (exact) mass is 331 g/mol. The van der Waals surface area contributed by atoms with E-state index in [0.29, 0.717) is 21.6 Å². The molecule has 1 saturated carbocycles. The number of benzene rings is 1. The molecule has 98 valence electrons. The van der Waals surface area contributed by atoms with Gasteiger partial charge in [0.25, 0.3) is 5.91 Å². The highest BCUT2D eigenvalue weighted by Crippen LogP contribution is 2.34. The lowest BCUT2D eigenvalue weighted by atomic mass is 9.80. The first-order valence-corrected chi connectivity index (χ1v) is 7.02. The molecule has 1 N–H and O–H groups in total. The molecule has 0 aliphatic heterocycles. The molecule has 18 heavy (non-hydrogen) atoms. The van der Waals surface area contributed by atoms with Gasteiger partial charge in [-0.05, 0) is 53.4 Å². The third-order valence-corrected chi connectivity index (χ3v) is 4.34.